The minimum atomic E-state index is -3.36. The van der Waals surface area contributed by atoms with Crippen molar-refractivity contribution in [1.29, 1.82) is 0 Å². The molecule has 1 unspecified atom stereocenters. The second kappa shape index (κ2) is 3.91. The van der Waals surface area contributed by atoms with Crippen molar-refractivity contribution in [3.05, 3.63) is 22.7 Å². The van der Waals surface area contributed by atoms with Gasteiger partial charge in [-0.3, -0.25) is 0 Å². The van der Waals surface area contributed by atoms with Crippen LogP contribution in [0.4, 0.5) is 5.69 Å². The smallest absolute Gasteiger partial charge is 0.182 e. The normalized spacial score (nSPS) is 22.3. The Kier molecular flexibility index (Phi) is 2.86. The van der Waals surface area contributed by atoms with E-state index in [1.54, 1.807) is 19.1 Å². The van der Waals surface area contributed by atoms with E-state index in [9.17, 15) is 8.42 Å². The molecule has 0 aliphatic carbocycles. The standard InChI is InChI=1S/C10H12ClNO3S/c1-6-2-8(11)10-9(3-6)16(14,15)5-7(4-13)12-10/h2-3,7,12-13H,4-5H2,1H3. The summed E-state index contributed by atoms with van der Waals surface area (Å²) in [7, 11) is -3.36. The number of hydrogen-bond donors (Lipinski definition) is 2. The lowest BCUT2D eigenvalue weighted by atomic mass is 10.2. The predicted molar refractivity (Wildman–Crippen MR) is 62.7 cm³/mol. The van der Waals surface area contributed by atoms with Gasteiger partial charge in [-0.1, -0.05) is 11.6 Å². The molecule has 4 nitrogen and oxygen atoms in total. The highest BCUT2D eigenvalue weighted by Gasteiger charge is 2.31. The Morgan fingerprint density at radius 1 is 1.56 bits per heavy atom. The molecular weight excluding hydrogens is 250 g/mol. The van der Waals surface area contributed by atoms with Crippen LogP contribution in [0.1, 0.15) is 5.56 Å². The van der Waals surface area contributed by atoms with Crippen molar-refractivity contribution in [2.24, 2.45) is 0 Å². The van der Waals surface area contributed by atoms with Crippen LogP contribution in [-0.4, -0.2) is 31.9 Å². The number of fused-ring (bicyclic) bond motifs is 1. The van der Waals surface area contributed by atoms with Crippen LogP contribution in [0.15, 0.2) is 17.0 Å². The van der Waals surface area contributed by atoms with Crippen LogP contribution >= 0.6 is 11.6 Å². The number of anilines is 1. The molecule has 0 radical (unpaired) electrons. The van der Waals surface area contributed by atoms with Crippen LogP contribution in [0.5, 0.6) is 0 Å². The monoisotopic (exact) mass is 261 g/mol. The van der Waals surface area contributed by atoms with Gasteiger partial charge >= 0.3 is 0 Å². The van der Waals surface area contributed by atoms with Gasteiger partial charge in [0.1, 0.15) is 0 Å². The first-order valence-corrected chi connectivity index (χ1v) is 6.87. The zero-order valence-electron chi connectivity index (χ0n) is 8.70. The van der Waals surface area contributed by atoms with Crippen LogP contribution in [-0.2, 0) is 9.84 Å². The molecule has 0 saturated heterocycles. The average Bonchev–Trinajstić information content (AvgIpc) is 2.18. The van der Waals surface area contributed by atoms with E-state index in [1.807, 2.05) is 0 Å². The third-order valence-electron chi connectivity index (χ3n) is 2.52. The van der Waals surface area contributed by atoms with Crippen molar-refractivity contribution < 1.29 is 13.5 Å². The summed E-state index contributed by atoms with van der Waals surface area (Å²) in [5.74, 6) is -0.101. The van der Waals surface area contributed by atoms with E-state index < -0.39 is 15.9 Å². The molecule has 1 heterocycles. The van der Waals surface area contributed by atoms with Gasteiger partial charge in [0.25, 0.3) is 0 Å². The second-order valence-electron chi connectivity index (χ2n) is 3.93. The fourth-order valence-corrected chi connectivity index (χ4v) is 3.92. The molecule has 2 rings (SSSR count). The maximum absolute atomic E-state index is 11.9. The van der Waals surface area contributed by atoms with Crippen LogP contribution in [0.3, 0.4) is 0 Å². The van der Waals surface area contributed by atoms with Gasteiger partial charge in [0.2, 0.25) is 0 Å². The Labute approximate surface area is 99.2 Å². The number of aryl methyl sites for hydroxylation is 1. The number of benzene rings is 1. The van der Waals surface area contributed by atoms with Gasteiger partial charge in [-0.05, 0) is 24.6 Å². The Morgan fingerprint density at radius 3 is 2.88 bits per heavy atom. The highest BCUT2D eigenvalue weighted by atomic mass is 35.5. The quantitative estimate of drug-likeness (QED) is 0.798. The fourth-order valence-electron chi connectivity index (χ4n) is 1.79. The number of sulfone groups is 1. The molecule has 0 fully saturated rings. The molecule has 1 aromatic carbocycles. The Morgan fingerprint density at radius 2 is 2.25 bits per heavy atom. The molecule has 16 heavy (non-hydrogen) atoms. The Bertz CT molecular complexity index is 527. The molecule has 1 aromatic rings. The largest absolute Gasteiger partial charge is 0.394 e. The maximum atomic E-state index is 11.9. The topological polar surface area (TPSA) is 66.4 Å². The second-order valence-corrected chi connectivity index (χ2v) is 6.33. The molecule has 1 atom stereocenters. The zero-order valence-corrected chi connectivity index (χ0v) is 10.3. The lowest BCUT2D eigenvalue weighted by molar-refractivity contribution is 0.281. The number of rotatable bonds is 1. The van der Waals surface area contributed by atoms with Gasteiger partial charge in [0.15, 0.2) is 9.84 Å². The van der Waals surface area contributed by atoms with Crippen LogP contribution < -0.4 is 5.32 Å². The summed E-state index contributed by atoms with van der Waals surface area (Å²) < 4.78 is 23.9. The first kappa shape index (κ1) is 11.7. The molecule has 2 N–H and O–H groups in total. The van der Waals surface area contributed by atoms with Crippen molar-refractivity contribution in [2.45, 2.75) is 17.9 Å². The number of aliphatic hydroxyl groups is 1. The number of hydrogen-bond acceptors (Lipinski definition) is 4. The molecule has 0 aromatic heterocycles. The van der Waals surface area contributed by atoms with E-state index in [2.05, 4.69) is 5.32 Å². The minimum absolute atomic E-state index is 0.101. The summed E-state index contributed by atoms with van der Waals surface area (Å²) in [6, 6.07) is 2.80. The number of aliphatic hydroxyl groups excluding tert-OH is 1. The SMILES string of the molecule is Cc1cc(Cl)c2c(c1)S(=O)(=O)CC(CO)N2. The lowest BCUT2D eigenvalue weighted by Crippen LogP contribution is -2.37. The highest BCUT2D eigenvalue weighted by molar-refractivity contribution is 7.91. The van der Waals surface area contributed by atoms with Crippen molar-refractivity contribution >= 4 is 27.1 Å². The summed E-state index contributed by atoms with van der Waals surface area (Å²) in [4.78, 5) is 0.224. The predicted octanol–water partition coefficient (Wildman–Crippen LogP) is 1.21. The van der Waals surface area contributed by atoms with Gasteiger partial charge in [-0.2, -0.15) is 0 Å². The molecular formula is C10H12ClNO3S. The summed E-state index contributed by atoms with van der Waals surface area (Å²) in [6.45, 7) is 1.56. The van der Waals surface area contributed by atoms with Gasteiger partial charge in [0.05, 0.1) is 34.0 Å². The first-order valence-electron chi connectivity index (χ1n) is 4.84. The van der Waals surface area contributed by atoms with E-state index in [4.69, 9.17) is 16.7 Å². The molecule has 0 bridgehead atoms. The molecule has 1 aliphatic rings. The minimum Gasteiger partial charge on any atom is -0.394 e. The van der Waals surface area contributed by atoms with Crippen molar-refractivity contribution in [2.75, 3.05) is 17.7 Å². The van der Waals surface area contributed by atoms with Crippen molar-refractivity contribution in [3.8, 4) is 0 Å². The van der Waals surface area contributed by atoms with Gasteiger partial charge < -0.3 is 10.4 Å². The molecule has 0 spiro atoms. The molecule has 0 saturated carbocycles. The van der Waals surface area contributed by atoms with Crippen molar-refractivity contribution in [3.63, 3.8) is 0 Å². The van der Waals surface area contributed by atoms with Crippen molar-refractivity contribution in [1.82, 2.24) is 0 Å². The average molecular weight is 262 g/mol. The maximum Gasteiger partial charge on any atom is 0.182 e. The van der Waals surface area contributed by atoms with Gasteiger partial charge in [0, 0.05) is 0 Å². The third kappa shape index (κ3) is 1.90. The first-order chi connectivity index (χ1) is 7.44. The Hall–Kier alpha value is -0.780. The Balaban J connectivity index is 2.64. The zero-order chi connectivity index (χ0) is 11.9. The van der Waals surface area contributed by atoms with Gasteiger partial charge in [-0.15, -0.1) is 0 Å². The number of halogens is 1. The fraction of sp³-hybridized carbons (Fsp3) is 0.400. The third-order valence-corrected chi connectivity index (χ3v) is 4.65. The van der Waals surface area contributed by atoms with E-state index >= 15 is 0 Å². The van der Waals surface area contributed by atoms with E-state index in [0.717, 1.165) is 5.56 Å². The van der Waals surface area contributed by atoms with E-state index in [1.165, 1.54) is 0 Å². The van der Waals surface area contributed by atoms with E-state index in [0.29, 0.717) is 10.7 Å². The van der Waals surface area contributed by atoms with Gasteiger partial charge in [-0.25, -0.2) is 8.42 Å². The van der Waals surface area contributed by atoms with Crippen LogP contribution in [0, 0.1) is 6.92 Å². The molecule has 1 aliphatic heterocycles. The molecule has 6 heteroatoms. The van der Waals surface area contributed by atoms with E-state index in [-0.39, 0.29) is 17.3 Å². The molecule has 0 amide bonds. The highest BCUT2D eigenvalue weighted by Crippen LogP contribution is 2.35. The summed E-state index contributed by atoms with van der Waals surface area (Å²) in [5.41, 5.74) is 1.20. The lowest BCUT2D eigenvalue weighted by Gasteiger charge is -2.26. The number of nitrogens with one attached hydrogen (secondary N) is 1. The summed E-state index contributed by atoms with van der Waals surface area (Å²) >= 11 is 5.99. The van der Waals surface area contributed by atoms with Crippen LogP contribution in [0.2, 0.25) is 5.02 Å². The summed E-state index contributed by atoms with van der Waals surface area (Å²) in [6.07, 6.45) is 0. The summed E-state index contributed by atoms with van der Waals surface area (Å²) in [5, 5.41) is 12.3. The molecule has 88 valence electrons. The van der Waals surface area contributed by atoms with Crippen LogP contribution in [0.25, 0.3) is 0 Å².